The fraction of sp³-hybridized carbons (Fsp3) is 0.333. The zero-order valence-corrected chi connectivity index (χ0v) is 15.8. The van der Waals surface area contributed by atoms with Gasteiger partial charge in [-0.2, -0.15) is 0 Å². The fourth-order valence-corrected chi connectivity index (χ4v) is 2.71. The van der Waals surface area contributed by atoms with Crippen molar-refractivity contribution in [2.24, 2.45) is 0 Å². The highest BCUT2D eigenvalue weighted by Gasteiger charge is 2.12. The molecule has 0 bridgehead atoms. The molecule has 2 rings (SSSR count). The molecule has 0 unspecified atom stereocenters. The van der Waals surface area contributed by atoms with Crippen LogP contribution >= 0.6 is 0 Å². The van der Waals surface area contributed by atoms with Crippen LogP contribution in [0.15, 0.2) is 42.5 Å². The smallest absolute Gasteiger partial charge is 0.337 e. The molecule has 1 amide bonds. The maximum Gasteiger partial charge on any atom is 0.337 e. The third kappa shape index (κ3) is 5.09. The molecule has 0 saturated heterocycles. The molecule has 0 spiro atoms. The van der Waals surface area contributed by atoms with Gasteiger partial charge >= 0.3 is 5.97 Å². The van der Waals surface area contributed by atoms with Crippen molar-refractivity contribution in [3.8, 4) is 0 Å². The van der Waals surface area contributed by atoms with Crippen LogP contribution in [0.2, 0.25) is 0 Å². The highest BCUT2D eigenvalue weighted by atomic mass is 16.5. The Morgan fingerprint density at radius 3 is 2.38 bits per heavy atom. The molecule has 2 aromatic carbocycles. The minimum Gasteiger partial charge on any atom is -0.465 e. The number of aryl methyl sites for hydroxylation is 1. The Bertz CT molecular complexity index is 767. The Labute approximate surface area is 154 Å². The number of carbonyl (C=O) groups is 2. The SMILES string of the molecule is COC(=O)c1ccc(NCCC(=O)Nc2c(C)cccc2C(C)C)cc1. The molecule has 0 aliphatic carbocycles. The Morgan fingerprint density at radius 1 is 1.08 bits per heavy atom. The maximum atomic E-state index is 12.3. The zero-order chi connectivity index (χ0) is 19.1. The summed E-state index contributed by atoms with van der Waals surface area (Å²) in [7, 11) is 1.35. The molecule has 26 heavy (non-hydrogen) atoms. The quantitative estimate of drug-likeness (QED) is 0.726. The largest absolute Gasteiger partial charge is 0.465 e. The number of methoxy groups -OCH3 is 1. The van der Waals surface area contributed by atoms with Crippen molar-refractivity contribution in [1.82, 2.24) is 0 Å². The van der Waals surface area contributed by atoms with Crippen molar-refractivity contribution in [2.75, 3.05) is 24.3 Å². The third-order valence-corrected chi connectivity index (χ3v) is 4.18. The number of esters is 1. The van der Waals surface area contributed by atoms with Gasteiger partial charge in [-0.05, 0) is 48.2 Å². The van der Waals surface area contributed by atoms with E-state index in [2.05, 4.69) is 29.2 Å². The lowest BCUT2D eigenvalue weighted by atomic mass is 9.98. The first-order chi connectivity index (χ1) is 12.4. The van der Waals surface area contributed by atoms with Crippen molar-refractivity contribution >= 4 is 23.3 Å². The molecule has 2 N–H and O–H groups in total. The van der Waals surface area contributed by atoms with E-state index in [1.807, 2.05) is 25.1 Å². The van der Waals surface area contributed by atoms with Gasteiger partial charge in [0.2, 0.25) is 5.91 Å². The van der Waals surface area contributed by atoms with Crippen LogP contribution in [0.25, 0.3) is 0 Å². The number of hydrogen-bond donors (Lipinski definition) is 2. The first kappa shape index (κ1) is 19.5. The number of anilines is 2. The number of para-hydroxylation sites is 1. The second-order valence-corrected chi connectivity index (χ2v) is 6.49. The highest BCUT2D eigenvalue weighted by Crippen LogP contribution is 2.27. The maximum absolute atomic E-state index is 12.3. The lowest BCUT2D eigenvalue weighted by molar-refractivity contribution is -0.116. The molecule has 0 aliphatic heterocycles. The van der Waals surface area contributed by atoms with Gasteiger partial charge in [0.25, 0.3) is 0 Å². The van der Waals surface area contributed by atoms with Crippen molar-refractivity contribution < 1.29 is 14.3 Å². The van der Waals surface area contributed by atoms with Crippen molar-refractivity contribution in [3.05, 3.63) is 59.2 Å². The van der Waals surface area contributed by atoms with Crippen LogP contribution in [-0.4, -0.2) is 25.5 Å². The molecule has 0 radical (unpaired) electrons. The first-order valence-corrected chi connectivity index (χ1v) is 8.74. The van der Waals surface area contributed by atoms with Gasteiger partial charge in [0.1, 0.15) is 0 Å². The van der Waals surface area contributed by atoms with Crippen LogP contribution in [0.1, 0.15) is 47.7 Å². The summed E-state index contributed by atoms with van der Waals surface area (Å²) in [5, 5.41) is 6.22. The van der Waals surface area contributed by atoms with E-state index < -0.39 is 0 Å². The van der Waals surface area contributed by atoms with Gasteiger partial charge < -0.3 is 15.4 Å². The average Bonchev–Trinajstić information content (AvgIpc) is 2.63. The summed E-state index contributed by atoms with van der Waals surface area (Å²) in [6.45, 7) is 6.74. The van der Waals surface area contributed by atoms with E-state index >= 15 is 0 Å². The van der Waals surface area contributed by atoms with E-state index in [0.29, 0.717) is 24.4 Å². The second-order valence-electron chi connectivity index (χ2n) is 6.49. The van der Waals surface area contributed by atoms with Crippen LogP contribution in [0, 0.1) is 6.92 Å². The molecule has 0 aromatic heterocycles. The van der Waals surface area contributed by atoms with Crippen molar-refractivity contribution in [1.29, 1.82) is 0 Å². The van der Waals surface area contributed by atoms with E-state index in [4.69, 9.17) is 0 Å². The monoisotopic (exact) mass is 354 g/mol. The Balaban J connectivity index is 1.89. The molecule has 0 fully saturated rings. The molecule has 0 heterocycles. The van der Waals surface area contributed by atoms with Gasteiger partial charge in [-0.3, -0.25) is 4.79 Å². The topological polar surface area (TPSA) is 67.4 Å². The summed E-state index contributed by atoms with van der Waals surface area (Å²) in [6.07, 6.45) is 0.352. The van der Waals surface area contributed by atoms with E-state index in [1.165, 1.54) is 7.11 Å². The molecule has 0 atom stereocenters. The number of hydrogen-bond acceptors (Lipinski definition) is 4. The summed E-state index contributed by atoms with van der Waals surface area (Å²) >= 11 is 0. The second kappa shape index (κ2) is 9.04. The van der Waals surface area contributed by atoms with Crippen LogP contribution < -0.4 is 10.6 Å². The lowest BCUT2D eigenvalue weighted by Crippen LogP contribution is -2.18. The molecule has 2 aromatic rings. The van der Waals surface area contributed by atoms with Gasteiger partial charge in [-0.1, -0.05) is 32.0 Å². The van der Waals surface area contributed by atoms with E-state index in [-0.39, 0.29) is 11.9 Å². The molecular weight excluding hydrogens is 328 g/mol. The predicted octanol–water partition coefficient (Wildman–Crippen LogP) is 4.35. The van der Waals surface area contributed by atoms with Crippen LogP contribution in [0.3, 0.4) is 0 Å². The van der Waals surface area contributed by atoms with E-state index in [0.717, 1.165) is 22.5 Å². The number of rotatable bonds is 7. The number of nitrogens with one attached hydrogen (secondary N) is 2. The van der Waals surface area contributed by atoms with Gasteiger partial charge in [0.15, 0.2) is 0 Å². The fourth-order valence-electron chi connectivity index (χ4n) is 2.71. The highest BCUT2D eigenvalue weighted by molar-refractivity contribution is 5.93. The van der Waals surface area contributed by atoms with Crippen LogP contribution in [0.4, 0.5) is 11.4 Å². The molecule has 0 saturated carbocycles. The number of carbonyl (C=O) groups excluding carboxylic acids is 2. The Morgan fingerprint density at radius 2 is 1.77 bits per heavy atom. The number of amides is 1. The standard InChI is InChI=1S/C21H26N2O3/c1-14(2)18-7-5-6-15(3)20(18)23-19(24)12-13-22-17-10-8-16(9-11-17)21(25)26-4/h5-11,14,22H,12-13H2,1-4H3,(H,23,24). The normalized spacial score (nSPS) is 10.5. The number of ether oxygens (including phenoxy) is 1. The minimum absolute atomic E-state index is 0.0279. The van der Waals surface area contributed by atoms with Gasteiger partial charge in [0.05, 0.1) is 12.7 Å². The first-order valence-electron chi connectivity index (χ1n) is 8.74. The van der Waals surface area contributed by atoms with Gasteiger partial charge in [-0.15, -0.1) is 0 Å². The minimum atomic E-state index is -0.366. The predicted molar refractivity (Wildman–Crippen MR) is 105 cm³/mol. The summed E-state index contributed by atoms with van der Waals surface area (Å²) in [5.74, 6) is -0.0494. The third-order valence-electron chi connectivity index (χ3n) is 4.18. The summed E-state index contributed by atoms with van der Waals surface area (Å²) in [4.78, 5) is 23.7. The van der Waals surface area contributed by atoms with E-state index in [1.54, 1.807) is 24.3 Å². The molecule has 5 nitrogen and oxygen atoms in total. The van der Waals surface area contributed by atoms with Crippen LogP contribution in [0.5, 0.6) is 0 Å². The summed E-state index contributed by atoms with van der Waals surface area (Å²) in [5.41, 5.74) is 4.47. The van der Waals surface area contributed by atoms with Crippen LogP contribution in [-0.2, 0) is 9.53 Å². The zero-order valence-electron chi connectivity index (χ0n) is 15.8. The van der Waals surface area contributed by atoms with Crippen molar-refractivity contribution in [2.45, 2.75) is 33.1 Å². The van der Waals surface area contributed by atoms with Gasteiger partial charge in [-0.25, -0.2) is 4.79 Å². The number of benzene rings is 2. The van der Waals surface area contributed by atoms with E-state index in [9.17, 15) is 9.59 Å². The molecule has 0 aliphatic rings. The molecule has 5 heteroatoms. The Hall–Kier alpha value is -2.82. The molecular formula is C21H26N2O3. The van der Waals surface area contributed by atoms with Gasteiger partial charge in [0, 0.05) is 24.3 Å². The van der Waals surface area contributed by atoms with Crippen molar-refractivity contribution in [3.63, 3.8) is 0 Å². The Kier molecular flexibility index (Phi) is 6.78. The summed E-state index contributed by atoms with van der Waals surface area (Å²) < 4.78 is 4.67. The lowest BCUT2D eigenvalue weighted by Gasteiger charge is -2.16. The summed E-state index contributed by atoms with van der Waals surface area (Å²) in [6, 6.07) is 13.0. The average molecular weight is 354 g/mol. The molecule has 138 valence electrons.